The van der Waals surface area contributed by atoms with Crippen molar-refractivity contribution in [2.75, 3.05) is 0 Å². The Bertz CT molecular complexity index is 279. The van der Waals surface area contributed by atoms with Crippen molar-refractivity contribution in [1.29, 1.82) is 0 Å². The monoisotopic (exact) mass is 194 g/mol. The zero-order valence-electron chi connectivity index (χ0n) is 7.79. The van der Waals surface area contributed by atoms with E-state index in [-0.39, 0.29) is 6.10 Å². The van der Waals surface area contributed by atoms with Crippen LogP contribution in [0.25, 0.3) is 0 Å². The first kappa shape index (κ1) is 10.3. The molecule has 0 aliphatic heterocycles. The smallest absolute Gasteiger partial charge is 0.0597 e. The van der Waals surface area contributed by atoms with Gasteiger partial charge in [0.25, 0.3) is 0 Å². The molecule has 1 aromatic rings. The lowest BCUT2D eigenvalue weighted by Crippen LogP contribution is -2.08. The molecule has 1 unspecified atom stereocenters. The highest BCUT2D eigenvalue weighted by molar-refractivity contribution is 7.09. The normalized spacial score (nSPS) is 11.8. The molecule has 1 nitrogen and oxygen atoms in total. The van der Waals surface area contributed by atoms with Crippen LogP contribution in [0.2, 0.25) is 0 Å². The van der Waals surface area contributed by atoms with E-state index < -0.39 is 0 Å². The van der Waals surface area contributed by atoms with E-state index in [4.69, 9.17) is 0 Å². The van der Waals surface area contributed by atoms with Gasteiger partial charge in [0.15, 0.2) is 0 Å². The number of aliphatic hydroxyl groups excluding tert-OH is 1. The summed E-state index contributed by atoms with van der Waals surface area (Å²) in [7, 11) is 0. The summed E-state index contributed by atoms with van der Waals surface area (Å²) in [4.78, 5) is 1.25. The molecule has 0 fully saturated rings. The molecule has 13 heavy (non-hydrogen) atoms. The molecule has 1 N–H and O–H groups in total. The third kappa shape index (κ3) is 4.12. The fourth-order valence-electron chi connectivity index (χ4n) is 1.13. The van der Waals surface area contributed by atoms with Crippen LogP contribution in [0.3, 0.4) is 0 Å². The largest absolute Gasteiger partial charge is 0.393 e. The summed E-state index contributed by atoms with van der Waals surface area (Å²) in [5.74, 6) is 5.78. The van der Waals surface area contributed by atoms with Gasteiger partial charge in [-0.15, -0.1) is 23.2 Å². The molecule has 70 valence electrons. The van der Waals surface area contributed by atoms with Gasteiger partial charge in [0, 0.05) is 17.7 Å². The Kier molecular flexibility index (Phi) is 4.59. The summed E-state index contributed by atoms with van der Waals surface area (Å²) in [6, 6.07) is 4.07. The highest BCUT2D eigenvalue weighted by Crippen LogP contribution is 2.12. The molecular weight excluding hydrogens is 180 g/mol. The maximum absolute atomic E-state index is 9.59. The Morgan fingerprint density at radius 2 is 2.46 bits per heavy atom. The minimum atomic E-state index is -0.237. The van der Waals surface area contributed by atoms with Gasteiger partial charge in [0.2, 0.25) is 0 Å². The summed E-state index contributed by atoms with van der Waals surface area (Å²) in [5.41, 5.74) is 0. The van der Waals surface area contributed by atoms with E-state index in [1.807, 2.05) is 18.4 Å². The van der Waals surface area contributed by atoms with Crippen LogP contribution in [-0.2, 0) is 6.42 Å². The lowest BCUT2D eigenvalue weighted by atomic mass is 10.1. The average Bonchev–Trinajstić information content (AvgIpc) is 2.57. The van der Waals surface area contributed by atoms with Crippen molar-refractivity contribution in [1.82, 2.24) is 0 Å². The first-order valence-corrected chi connectivity index (χ1v) is 5.31. The summed E-state index contributed by atoms with van der Waals surface area (Å²) < 4.78 is 0. The van der Waals surface area contributed by atoms with Crippen molar-refractivity contribution in [3.8, 4) is 11.8 Å². The van der Waals surface area contributed by atoms with E-state index in [9.17, 15) is 5.11 Å². The first-order valence-electron chi connectivity index (χ1n) is 4.43. The summed E-state index contributed by atoms with van der Waals surface area (Å²) in [6.45, 7) is 1.83. The van der Waals surface area contributed by atoms with Crippen molar-refractivity contribution >= 4 is 11.3 Å². The highest BCUT2D eigenvalue weighted by atomic mass is 32.1. The summed E-state index contributed by atoms with van der Waals surface area (Å²) >= 11 is 1.69. The van der Waals surface area contributed by atoms with Gasteiger partial charge in [0.05, 0.1) is 6.10 Å². The fourth-order valence-corrected chi connectivity index (χ4v) is 1.90. The molecule has 1 rings (SSSR count). The average molecular weight is 194 g/mol. The van der Waals surface area contributed by atoms with Gasteiger partial charge >= 0.3 is 0 Å². The van der Waals surface area contributed by atoms with Crippen LogP contribution in [0.1, 0.15) is 24.6 Å². The van der Waals surface area contributed by atoms with Gasteiger partial charge in [0.1, 0.15) is 0 Å². The number of hydrogen-bond acceptors (Lipinski definition) is 2. The molecule has 0 saturated carbocycles. The van der Waals surface area contributed by atoms with Crippen molar-refractivity contribution in [3.63, 3.8) is 0 Å². The molecule has 0 saturated heterocycles. The third-order valence-electron chi connectivity index (χ3n) is 1.80. The van der Waals surface area contributed by atoms with Crippen LogP contribution in [0, 0.1) is 11.8 Å². The topological polar surface area (TPSA) is 20.2 Å². The second-order valence-electron chi connectivity index (χ2n) is 2.90. The molecule has 0 spiro atoms. The lowest BCUT2D eigenvalue weighted by molar-refractivity contribution is 0.167. The van der Waals surface area contributed by atoms with Gasteiger partial charge in [-0.1, -0.05) is 6.07 Å². The molecule has 0 aromatic carbocycles. The van der Waals surface area contributed by atoms with Crippen LogP contribution in [0.4, 0.5) is 0 Å². The fraction of sp³-hybridized carbons (Fsp3) is 0.455. The van der Waals surface area contributed by atoms with Crippen LogP contribution in [-0.4, -0.2) is 11.2 Å². The number of thiophene rings is 1. The molecule has 0 bridgehead atoms. The standard InChI is InChI=1S/C11H14OS/c1-2-3-4-6-10(12)9-11-7-5-8-13-11/h5,7-8,10,12H,4,6,9H2,1H3. The van der Waals surface area contributed by atoms with E-state index in [2.05, 4.69) is 17.9 Å². The molecular formula is C11H14OS. The Morgan fingerprint density at radius 3 is 3.08 bits per heavy atom. The SMILES string of the molecule is CC#CCCC(O)Cc1cccs1. The maximum Gasteiger partial charge on any atom is 0.0597 e. The van der Waals surface area contributed by atoms with Crippen LogP contribution >= 0.6 is 11.3 Å². The summed E-state index contributed by atoms with van der Waals surface area (Å²) in [5, 5.41) is 11.6. The zero-order chi connectivity index (χ0) is 9.52. The minimum Gasteiger partial charge on any atom is -0.393 e. The van der Waals surface area contributed by atoms with Gasteiger partial charge < -0.3 is 5.11 Å². The van der Waals surface area contributed by atoms with Crippen molar-refractivity contribution in [2.24, 2.45) is 0 Å². The molecule has 0 aliphatic carbocycles. The zero-order valence-corrected chi connectivity index (χ0v) is 8.60. The number of aliphatic hydroxyl groups is 1. The van der Waals surface area contributed by atoms with Crippen molar-refractivity contribution < 1.29 is 5.11 Å². The second kappa shape index (κ2) is 5.80. The Hall–Kier alpha value is -0.780. The van der Waals surface area contributed by atoms with Gasteiger partial charge in [-0.25, -0.2) is 0 Å². The Morgan fingerprint density at radius 1 is 1.62 bits per heavy atom. The van der Waals surface area contributed by atoms with E-state index in [0.29, 0.717) is 0 Å². The van der Waals surface area contributed by atoms with Crippen molar-refractivity contribution in [3.05, 3.63) is 22.4 Å². The van der Waals surface area contributed by atoms with E-state index in [0.717, 1.165) is 19.3 Å². The molecule has 0 radical (unpaired) electrons. The van der Waals surface area contributed by atoms with Crippen molar-refractivity contribution in [2.45, 2.75) is 32.3 Å². The Labute approximate surface area is 83.4 Å². The predicted molar refractivity (Wildman–Crippen MR) is 56.7 cm³/mol. The maximum atomic E-state index is 9.59. The molecule has 0 aliphatic rings. The molecule has 1 aromatic heterocycles. The van der Waals surface area contributed by atoms with E-state index in [1.54, 1.807) is 11.3 Å². The minimum absolute atomic E-state index is 0.237. The molecule has 0 amide bonds. The molecule has 1 heterocycles. The van der Waals surface area contributed by atoms with Gasteiger partial charge in [-0.05, 0) is 24.8 Å². The molecule has 2 heteroatoms. The number of rotatable bonds is 4. The highest BCUT2D eigenvalue weighted by Gasteiger charge is 2.04. The van der Waals surface area contributed by atoms with Gasteiger partial charge in [-0.3, -0.25) is 0 Å². The van der Waals surface area contributed by atoms with Crippen LogP contribution in [0.15, 0.2) is 17.5 Å². The lowest BCUT2D eigenvalue weighted by Gasteiger charge is -2.05. The second-order valence-corrected chi connectivity index (χ2v) is 3.94. The van der Waals surface area contributed by atoms with Crippen LogP contribution < -0.4 is 0 Å². The Balaban J connectivity index is 2.24. The van der Waals surface area contributed by atoms with E-state index in [1.165, 1.54) is 4.88 Å². The quantitative estimate of drug-likeness (QED) is 0.730. The van der Waals surface area contributed by atoms with Gasteiger partial charge in [-0.2, -0.15) is 0 Å². The first-order chi connectivity index (χ1) is 6.33. The molecule has 1 atom stereocenters. The van der Waals surface area contributed by atoms with Crippen LogP contribution in [0.5, 0.6) is 0 Å². The predicted octanol–water partition coefficient (Wildman–Crippen LogP) is 2.46. The van der Waals surface area contributed by atoms with E-state index >= 15 is 0 Å². The summed E-state index contributed by atoms with van der Waals surface area (Å²) in [6.07, 6.45) is 2.10. The third-order valence-corrected chi connectivity index (χ3v) is 2.69. The number of hydrogen-bond donors (Lipinski definition) is 1.